The number of nitrogens with one attached hydrogen (secondary N) is 2. The van der Waals surface area contributed by atoms with Crippen LogP contribution in [0.25, 0.3) is 10.9 Å². The SMILES string of the molecule is Cc1[nH]c2ccccc2c1C(Nc1ccccc1)c1ccc(CCCO)cc1. The Morgan fingerprint density at radius 3 is 2.36 bits per heavy atom. The maximum atomic E-state index is 9.08. The van der Waals surface area contributed by atoms with Gasteiger partial charge in [-0.25, -0.2) is 0 Å². The fraction of sp³-hybridized carbons (Fsp3) is 0.200. The van der Waals surface area contributed by atoms with Crippen molar-refractivity contribution in [1.82, 2.24) is 4.98 Å². The summed E-state index contributed by atoms with van der Waals surface area (Å²) in [5.41, 5.74) is 7.20. The summed E-state index contributed by atoms with van der Waals surface area (Å²) in [6.45, 7) is 2.37. The Kier molecular flexibility index (Phi) is 5.45. The van der Waals surface area contributed by atoms with Gasteiger partial charge in [0.05, 0.1) is 6.04 Å². The third-order valence-corrected chi connectivity index (χ3v) is 5.25. The van der Waals surface area contributed by atoms with Crippen molar-refractivity contribution in [3.05, 3.63) is 101 Å². The molecule has 142 valence electrons. The lowest BCUT2D eigenvalue weighted by molar-refractivity contribution is 0.288. The van der Waals surface area contributed by atoms with Gasteiger partial charge in [0.15, 0.2) is 0 Å². The summed E-state index contributed by atoms with van der Waals surface area (Å²) >= 11 is 0. The molecule has 0 radical (unpaired) electrons. The number of anilines is 1. The van der Waals surface area contributed by atoms with E-state index in [1.54, 1.807) is 0 Å². The quantitative estimate of drug-likeness (QED) is 0.396. The van der Waals surface area contributed by atoms with E-state index in [-0.39, 0.29) is 12.6 Å². The van der Waals surface area contributed by atoms with E-state index in [2.05, 4.69) is 90.0 Å². The van der Waals surface area contributed by atoms with E-state index in [9.17, 15) is 0 Å². The number of hydrogen-bond donors (Lipinski definition) is 3. The van der Waals surface area contributed by atoms with Crippen molar-refractivity contribution in [2.75, 3.05) is 11.9 Å². The molecule has 3 heteroatoms. The van der Waals surface area contributed by atoms with Gasteiger partial charge in [0.2, 0.25) is 0 Å². The number of aliphatic hydroxyl groups excluding tert-OH is 1. The van der Waals surface area contributed by atoms with E-state index in [0.29, 0.717) is 0 Å². The number of fused-ring (bicyclic) bond motifs is 1. The number of para-hydroxylation sites is 2. The summed E-state index contributed by atoms with van der Waals surface area (Å²) in [5, 5.41) is 14.1. The number of aromatic nitrogens is 1. The van der Waals surface area contributed by atoms with Crippen LogP contribution in [0, 0.1) is 6.92 Å². The number of rotatable bonds is 7. The molecule has 3 nitrogen and oxygen atoms in total. The van der Waals surface area contributed by atoms with Gasteiger partial charge >= 0.3 is 0 Å². The molecule has 1 heterocycles. The van der Waals surface area contributed by atoms with E-state index in [1.165, 1.54) is 27.8 Å². The number of aromatic amines is 1. The topological polar surface area (TPSA) is 48.0 Å². The first-order valence-corrected chi connectivity index (χ1v) is 9.85. The molecular formula is C25H26N2O. The van der Waals surface area contributed by atoms with E-state index in [1.807, 2.05) is 6.07 Å². The molecule has 0 saturated heterocycles. The van der Waals surface area contributed by atoms with Crippen LogP contribution in [0.2, 0.25) is 0 Å². The molecule has 0 saturated carbocycles. The van der Waals surface area contributed by atoms with Crippen molar-refractivity contribution in [1.29, 1.82) is 0 Å². The van der Waals surface area contributed by atoms with E-state index < -0.39 is 0 Å². The molecule has 3 aromatic carbocycles. The van der Waals surface area contributed by atoms with Crippen LogP contribution in [0.15, 0.2) is 78.9 Å². The maximum Gasteiger partial charge on any atom is 0.0790 e. The lowest BCUT2D eigenvalue weighted by atomic mass is 9.94. The number of H-pyrrole nitrogens is 1. The van der Waals surface area contributed by atoms with Crippen molar-refractivity contribution in [3.8, 4) is 0 Å². The Hall–Kier alpha value is -3.04. The molecule has 4 aromatic rings. The summed E-state index contributed by atoms with van der Waals surface area (Å²) in [4.78, 5) is 3.53. The summed E-state index contributed by atoms with van der Waals surface area (Å²) in [7, 11) is 0. The molecule has 1 atom stereocenters. The molecule has 0 aliphatic rings. The smallest absolute Gasteiger partial charge is 0.0790 e. The van der Waals surface area contributed by atoms with Gasteiger partial charge in [-0.3, -0.25) is 0 Å². The third kappa shape index (κ3) is 3.80. The largest absolute Gasteiger partial charge is 0.396 e. The minimum absolute atomic E-state index is 0.0467. The number of aryl methyl sites for hydroxylation is 2. The Morgan fingerprint density at radius 1 is 0.893 bits per heavy atom. The molecule has 1 aromatic heterocycles. The minimum atomic E-state index is 0.0467. The molecule has 3 N–H and O–H groups in total. The van der Waals surface area contributed by atoms with E-state index in [4.69, 9.17) is 5.11 Å². The fourth-order valence-corrected chi connectivity index (χ4v) is 3.85. The van der Waals surface area contributed by atoms with Gasteiger partial charge in [0.1, 0.15) is 0 Å². The van der Waals surface area contributed by atoms with Gasteiger partial charge in [-0.1, -0.05) is 60.7 Å². The maximum absolute atomic E-state index is 9.08. The molecule has 0 spiro atoms. The molecule has 1 unspecified atom stereocenters. The number of aliphatic hydroxyl groups is 1. The molecular weight excluding hydrogens is 344 g/mol. The lowest BCUT2D eigenvalue weighted by Crippen LogP contribution is -2.13. The highest BCUT2D eigenvalue weighted by molar-refractivity contribution is 5.86. The minimum Gasteiger partial charge on any atom is -0.396 e. The highest BCUT2D eigenvalue weighted by Gasteiger charge is 2.20. The Labute approximate surface area is 166 Å². The molecule has 0 aliphatic heterocycles. The average molecular weight is 370 g/mol. The van der Waals surface area contributed by atoms with Crippen LogP contribution in [-0.4, -0.2) is 16.7 Å². The first-order valence-electron chi connectivity index (χ1n) is 9.85. The van der Waals surface area contributed by atoms with Crippen LogP contribution in [0.3, 0.4) is 0 Å². The second-order valence-electron chi connectivity index (χ2n) is 7.22. The average Bonchev–Trinajstić information content (AvgIpc) is 3.07. The van der Waals surface area contributed by atoms with Crippen molar-refractivity contribution >= 4 is 16.6 Å². The van der Waals surface area contributed by atoms with Crippen molar-refractivity contribution in [2.24, 2.45) is 0 Å². The summed E-state index contributed by atoms with van der Waals surface area (Å²) in [6.07, 6.45) is 1.70. The fourth-order valence-electron chi connectivity index (χ4n) is 3.85. The monoisotopic (exact) mass is 370 g/mol. The van der Waals surface area contributed by atoms with Crippen LogP contribution < -0.4 is 5.32 Å². The van der Waals surface area contributed by atoms with Gasteiger partial charge in [-0.2, -0.15) is 0 Å². The van der Waals surface area contributed by atoms with E-state index >= 15 is 0 Å². The van der Waals surface area contributed by atoms with Crippen LogP contribution in [0.4, 0.5) is 5.69 Å². The van der Waals surface area contributed by atoms with Crippen LogP contribution in [0.5, 0.6) is 0 Å². The molecule has 0 fully saturated rings. The highest BCUT2D eigenvalue weighted by Crippen LogP contribution is 2.34. The zero-order chi connectivity index (χ0) is 19.3. The summed E-state index contributed by atoms with van der Waals surface area (Å²) < 4.78 is 0. The predicted molar refractivity (Wildman–Crippen MR) is 117 cm³/mol. The summed E-state index contributed by atoms with van der Waals surface area (Å²) in [5.74, 6) is 0. The normalized spacial score (nSPS) is 12.2. The standard InChI is InChI=1S/C25H26N2O/c1-18-24(22-11-5-6-12-23(22)26-18)25(27-21-9-3-2-4-10-21)20-15-13-19(14-16-20)8-7-17-28/h2-6,9-16,25-28H,7-8,17H2,1H3. The summed E-state index contributed by atoms with van der Waals surface area (Å²) in [6, 6.07) is 27.6. The first-order chi connectivity index (χ1) is 13.8. The zero-order valence-electron chi connectivity index (χ0n) is 16.2. The first kappa shape index (κ1) is 18.3. The van der Waals surface area contributed by atoms with Crippen LogP contribution >= 0.6 is 0 Å². The van der Waals surface area contributed by atoms with Crippen LogP contribution in [0.1, 0.15) is 34.8 Å². The number of benzene rings is 3. The van der Waals surface area contributed by atoms with Gasteiger partial charge in [-0.05, 0) is 49.1 Å². The molecule has 0 bridgehead atoms. The Bertz CT molecular complexity index is 1040. The predicted octanol–water partition coefficient (Wildman–Crippen LogP) is 5.60. The molecule has 28 heavy (non-hydrogen) atoms. The second kappa shape index (κ2) is 8.32. The van der Waals surface area contributed by atoms with Crippen LogP contribution in [-0.2, 0) is 6.42 Å². The van der Waals surface area contributed by atoms with Gasteiger partial charge in [0, 0.05) is 34.5 Å². The highest BCUT2D eigenvalue weighted by atomic mass is 16.2. The van der Waals surface area contributed by atoms with Crippen molar-refractivity contribution in [3.63, 3.8) is 0 Å². The molecule has 0 aliphatic carbocycles. The Morgan fingerprint density at radius 2 is 1.61 bits per heavy atom. The second-order valence-corrected chi connectivity index (χ2v) is 7.22. The van der Waals surface area contributed by atoms with Gasteiger partial charge < -0.3 is 15.4 Å². The lowest BCUT2D eigenvalue weighted by Gasteiger charge is -2.22. The third-order valence-electron chi connectivity index (χ3n) is 5.25. The Balaban J connectivity index is 1.77. The van der Waals surface area contributed by atoms with Crippen molar-refractivity contribution in [2.45, 2.75) is 25.8 Å². The van der Waals surface area contributed by atoms with Crippen molar-refractivity contribution < 1.29 is 5.11 Å². The van der Waals surface area contributed by atoms with Gasteiger partial charge in [0.25, 0.3) is 0 Å². The molecule has 0 amide bonds. The number of hydrogen-bond acceptors (Lipinski definition) is 2. The zero-order valence-corrected chi connectivity index (χ0v) is 16.2. The molecule has 4 rings (SSSR count). The van der Waals surface area contributed by atoms with E-state index in [0.717, 1.165) is 24.0 Å². The van der Waals surface area contributed by atoms with Gasteiger partial charge in [-0.15, -0.1) is 0 Å².